The number of ether oxygens (including phenoxy) is 2. The molecule has 3 aliphatic heterocycles. The Bertz CT molecular complexity index is 2370. The first-order chi connectivity index (χ1) is 27.9. The summed E-state index contributed by atoms with van der Waals surface area (Å²) in [6.45, 7) is 6.37. The number of morpholine rings is 1. The number of benzene rings is 4. The molecule has 4 fully saturated rings. The van der Waals surface area contributed by atoms with Crippen LogP contribution in [0.15, 0.2) is 90.5 Å². The zero-order valence-electron chi connectivity index (χ0n) is 32.2. The molecule has 58 heavy (non-hydrogen) atoms. The van der Waals surface area contributed by atoms with Crippen molar-refractivity contribution in [3.8, 4) is 11.5 Å². The van der Waals surface area contributed by atoms with Crippen molar-refractivity contribution < 1.29 is 33.8 Å². The molecule has 4 amide bonds. The van der Waals surface area contributed by atoms with E-state index in [-0.39, 0.29) is 35.4 Å². The van der Waals surface area contributed by atoms with Gasteiger partial charge in [0.15, 0.2) is 0 Å². The van der Waals surface area contributed by atoms with Crippen molar-refractivity contribution >= 4 is 63.9 Å². The van der Waals surface area contributed by atoms with Crippen LogP contribution >= 0.6 is 23.2 Å². The van der Waals surface area contributed by atoms with Gasteiger partial charge in [-0.15, -0.1) is 0 Å². The van der Waals surface area contributed by atoms with Gasteiger partial charge in [0.1, 0.15) is 11.5 Å². The number of imide groups is 2. The van der Waals surface area contributed by atoms with Crippen LogP contribution in [0.25, 0.3) is 0 Å². The summed E-state index contributed by atoms with van der Waals surface area (Å²) < 4.78 is 11.0. The molecule has 4 aromatic rings. The Balaban J connectivity index is 1.19. The lowest BCUT2D eigenvalue weighted by molar-refractivity contribution is -0.138. The highest BCUT2D eigenvalue weighted by Gasteiger charge is 2.70. The number of methoxy groups -OCH3 is 1. The van der Waals surface area contributed by atoms with Crippen LogP contribution in [-0.2, 0) is 29.3 Å². The van der Waals surface area contributed by atoms with E-state index in [1.807, 2.05) is 54.6 Å². The van der Waals surface area contributed by atoms with Crippen molar-refractivity contribution in [2.24, 2.45) is 23.7 Å². The monoisotopic (exact) mass is 820 g/mol. The normalized spacial score (nSPS) is 26.7. The number of hydrogen-bond donors (Lipinski definition) is 2. The number of anilines is 3. The summed E-state index contributed by atoms with van der Waals surface area (Å²) >= 11 is 12.8. The molecule has 2 aliphatic carbocycles. The van der Waals surface area contributed by atoms with Gasteiger partial charge < -0.3 is 19.5 Å². The Hall–Kier alpha value is -5.36. The fraction of sp³-hybridized carbons (Fsp3) is 0.333. The summed E-state index contributed by atoms with van der Waals surface area (Å²) in [6.07, 6.45) is 2.44. The number of rotatable bonds is 7. The van der Waals surface area contributed by atoms with Crippen LogP contribution in [-0.4, -0.2) is 67.2 Å². The number of hydrogen-bond acceptors (Lipinski definition) is 9. The van der Waals surface area contributed by atoms with Crippen molar-refractivity contribution in [2.75, 3.05) is 48.6 Å². The summed E-state index contributed by atoms with van der Waals surface area (Å²) in [7, 11) is 1.56. The molecule has 0 radical (unpaired) electrons. The summed E-state index contributed by atoms with van der Waals surface area (Å²) in [6, 6.07) is 23.1. The van der Waals surface area contributed by atoms with Gasteiger partial charge in [0.25, 0.3) is 11.8 Å². The second kappa shape index (κ2) is 14.5. The fourth-order valence-corrected chi connectivity index (χ4v) is 10.7. The van der Waals surface area contributed by atoms with Crippen LogP contribution in [0.3, 0.4) is 0 Å². The average Bonchev–Trinajstić information content (AvgIpc) is 3.61. The lowest BCUT2D eigenvalue weighted by Gasteiger charge is -2.50. The van der Waals surface area contributed by atoms with Gasteiger partial charge in [0, 0.05) is 29.7 Å². The van der Waals surface area contributed by atoms with Crippen molar-refractivity contribution in [3.05, 3.63) is 123 Å². The number of nitrogens with zero attached hydrogens (tertiary/aromatic N) is 3. The molecule has 298 valence electrons. The second-order valence-corrected chi connectivity index (χ2v) is 16.7. The molecule has 6 unspecified atom stereocenters. The van der Waals surface area contributed by atoms with E-state index in [0.29, 0.717) is 57.6 Å². The number of aryl methyl sites for hydroxylation is 2. The van der Waals surface area contributed by atoms with E-state index in [0.717, 1.165) is 29.4 Å². The van der Waals surface area contributed by atoms with E-state index >= 15 is 9.59 Å². The Morgan fingerprint density at radius 3 is 2.16 bits per heavy atom. The summed E-state index contributed by atoms with van der Waals surface area (Å²) in [5.74, 6) is -4.59. The van der Waals surface area contributed by atoms with Gasteiger partial charge in [-0.1, -0.05) is 59.1 Å². The first kappa shape index (κ1) is 38.2. The number of halogens is 2. The third-order valence-corrected chi connectivity index (χ3v) is 13.5. The van der Waals surface area contributed by atoms with Gasteiger partial charge in [0.05, 0.1) is 59.9 Å². The van der Waals surface area contributed by atoms with E-state index in [2.05, 4.69) is 10.3 Å². The molecule has 11 nitrogen and oxygen atoms in total. The SMILES string of the molecule is COc1ccc(C23C(=O)N(Nc4ccc(Cl)cc4Cl)C(=O)C2CC2C(=CCC4C(=O)N(c5ccc(N6CCOCC6)cc5)C(=O)C42)C3c2cc(C)c(O)c(C)c2)cc1. The molecule has 4 aromatic carbocycles. The zero-order valence-corrected chi connectivity index (χ0v) is 33.7. The standard InChI is InChI=1S/C45H42Cl2N4O7/c1-24-20-26(21-25(2)40(24)52)39-32-13-14-33-38(43(55)50(41(33)53)30-9-7-29(8-10-30)49-16-18-58-19-17-49)34(32)23-35-42(54)51(48-37-15-6-28(46)22-36(37)47)44(56)45(35,39)27-4-11-31(57-3)12-5-27/h4-13,15,20-22,33-35,38-39,48,52H,14,16-19,23H2,1-3H3. The molecule has 6 atom stereocenters. The predicted octanol–water partition coefficient (Wildman–Crippen LogP) is 7.35. The van der Waals surface area contributed by atoms with Gasteiger partial charge in [0.2, 0.25) is 11.8 Å². The maximum Gasteiger partial charge on any atom is 0.260 e. The number of carbonyl (C=O) groups is 4. The molecular weight excluding hydrogens is 779 g/mol. The highest BCUT2D eigenvalue weighted by atomic mass is 35.5. The number of phenols is 1. The first-order valence-corrected chi connectivity index (χ1v) is 20.2. The quantitative estimate of drug-likeness (QED) is 0.145. The van der Waals surface area contributed by atoms with Crippen LogP contribution < -0.4 is 20.0 Å². The van der Waals surface area contributed by atoms with Crippen LogP contribution in [0.5, 0.6) is 11.5 Å². The Kier molecular flexibility index (Phi) is 9.53. The topological polar surface area (TPSA) is 129 Å². The molecule has 0 spiro atoms. The van der Waals surface area contributed by atoms with Gasteiger partial charge >= 0.3 is 0 Å². The van der Waals surface area contributed by atoms with Crippen LogP contribution in [0.4, 0.5) is 17.1 Å². The minimum Gasteiger partial charge on any atom is -0.507 e. The minimum absolute atomic E-state index is 0.130. The molecule has 5 aliphatic rings. The number of phenolic OH excluding ortho intramolecular Hbond substituents is 1. The highest BCUT2D eigenvalue weighted by Crippen LogP contribution is 2.64. The second-order valence-electron chi connectivity index (χ2n) is 15.8. The predicted molar refractivity (Wildman–Crippen MR) is 220 cm³/mol. The molecule has 3 heterocycles. The molecule has 0 bridgehead atoms. The van der Waals surface area contributed by atoms with Gasteiger partial charge in [-0.3, -0.25) is 29.5 Å². The molecule has 1 saturated carbocycles. The Morgan fingerprint density at radius 1 is 0.828 bits per heavy atom. The van der Waals surface area contributed by atoms with E-state index in [4.69, 9.17) is 32.7 Å². The van der Waals surface area contributed by atoms with Gasteiger partial charge in [-0.05, 0) is 109 Å². The lowest BCUT2D eigenvalue weighted by atomic mass is 9.49. The Labute approximate surface area is 346 Å². The number of nitrogens with one attached hydrogen (secondary N) is 1. The molecule has 13 heteroatoms. The molecule has 3 saturated heterocycles. The molecule has 0 aromatic heterocycles. The summed E-state index contributed by atoms with van der Waals surface area (Å²) in [4.78, 5) is 63.3. The molecule has 2 N–H and O–H groups in total. The van der Waals surface area contributed by atoms with E-state index in [9.17, 15) is 14.7 Å². The number of aromatic hydroxyl groups is 1. The summed E-state index contributed by atoms with van der Waals surface area (Å²) in [5, 5.41) is 12.6. The number of allylic oxidation sites excluding steroid dienone is 2. The van der Waals surface area contributed by atoms with Crippen LogP contribution in [0.2, 0.25) is 10.0 Å². The smallest absolute Gasteiger partial charge is 0.260 e. The Morgan fingerprint density at radius 2 is 1.50 bits per heavy atom. The van der Waals surface area contributed by atoms with Crippen molar-refractivity contribution in [2.45, 2.75) is 38.0 Å². The van der Waals surface area contributed by atoms with Crippen LogP contribution in [0.1, 0.15) is 41.0 Å². The third-order valence-electron chi connectivity index (χ3n) is 12.9. The van der Waals surface area contributed by atoms with E-state index in [1.54, 1.807) is 45.2 Å². The minimum atomic E-state index is -1.51. The van der Waals surface area contributed by atoms with E-state index < -0.39 is 46.8 Å². The average molecular weight is 822 g/mol. The third kappa shape index (κ3) is 5.80. The van der Waals surface area contributed by atoms with Gasteiger partial charge in [-0.25, -0.2) is 0 Å². The maximum atomic E-state index is 15.6. The maximum absolute atomic E-state index is 15.6. The zero-order chi connectivity index (χ0) is 40.6. The van der Waals surface area contributed by atoms with Gasteiger partial charge in [-0.2, -0.15) is 5.01 Å². The highest BCUT2D eigenvalue weighted by molar-refractivity contribution is 6.36. The van der Waals surface area contributed by atoms with Crippen molar-refractivity contribution in [1.29, 1.82) is 0 Å². The fourth-order valence-electron chi connectivity index (χ4n) is 10.3. The largest absolute Gasteiger partial charge is 0.507 e. The van der Waals surface area contributed by atoms with Crippen molar-refractivity contribution in [1.82, 2.24) is 5.01 Å². The number of carbonyl (C=O) groups excluding carboxylic acids is 4. The first-order valence-electron chi connectivity index (χ1n) is 19.5. The molecule has 9 rings (SSSR count). The van der Waals surface area contributed by atoms with Crippen LogP contribution in [0, 0.1) is 37.5 Å². The summed E-state index contributed by atoms with van der Waals surface area (Å²) in [5.41, 5.74) is 6.64. The number of fused-ring (bicyclic) bond motifs is 4. The lowest BCUT2D eigenvalue weighted by Crippen LogP contribution is -2.53. The van der Waals surface area contributed by atoms with E-state index in [1.165, 1.54) is 11.0 Å². The molecular formula is C45H42Cl2N4O7. The number of amides is 4. The number of hydrazine groups is 1. The van der Waals surface area contributed by atoms with Crippen molar-refractivity contribution in [3.63, 3.8) is 0 Å².